The van der Waals surface area contributed by atoms with Gasteiger partial charge in [0, 0.05) is 12.8 Å². The highest BCUT2D eigenvalue weighted by Gasteiger charge is 2.27. The number of allylic oxidation sites excluding steroid dienone is 10. The van der Waals surface area contributed by atoms with Gasteiger partial charge in [-0.2, -0.15) is 0 Å². The summed E-state index contributed by atoms with van der Waals surface area (Å²) in [7, 11) is -4.63. The molecule has 0 radical (unpaired) electrons. The molecule has 0 saturated heterocycles. The van der Waals surface area contributed by atoms with Gasteiger partial charge in [0.05, 0.1) is 19.8 Å². The predicted octanol–water partition coefficient (Wildman–Crippen LogP) is 10.3. The largest absolute Gasteiger partial charge is 0.472 e. The number of hydrogen-bond donors (Lipinski definition) is 3. The van der Waals surface area contributed by atoms with Crippen molar-refractivity contribution in [2.75, 3.05) is 26.4 Å². The molecule has 0 rings (SSSR count). The van der Waals surface area contributed by atoms with E-state index >= 15 is 0 Å². The lowest BCUT2D eigenvalue weighted by atomic mass is 10.1. The summed E-state index contributed by atoms with van der Waals surface area (Å²) in [5.74, 6) is -1.01. The Morgan fingerprint density at radius 2 is 0.981 bits per heavy atom. The first-order chi connectivity index (χ1) is 25.7. The molecule has 3 N–H and O–H groups in total. The third-order valence-corrected chi connectivity index (χ3v) is 9.10. The number of phosphoric ester groups is 1. The van der Waals surface area contributed by atoms with Crippen LogP contribution >= 0.6 is 7.82 Å². The molecule has 0 aromatic carbocycles. The molecular weight excluding hydrogens is 695 g/mol. The maximum absolute atomic E-state index is 12.6. The average molecular weight is 769 g/mol. The Balaban J connectivity index is 4.48. The maximum atomic E-state index is 12.6. The van der Waals surface area contributed by atoms with Crippen molar-refractivity contribution in [3.05, 3.63) is 60.8 Å². The molecule has 0 aliphatic carbocycles. The first-order valence-corrected chi connectivity index (χ1v) is 21.7. The molecular formula is C42H73O10P. The maximum Gasteiger partial charge on any atom is 0.472 e. The highest BCUT2D eigenvalue weighted by molar-refractivity contribution is 7.47. The average Bonchev–Trinajstić information content (AvgIpc) is 3.14. The smallest absolute Gasteiger partial charge is 0.462 e. The van der Waals surface area contributed by atoms with Crippen LogP contribution < -0.4 is 0 Å². The number of carbonyl (C=O) groups excluding carboxylic acids is 2. The molecule has 0 saturated carbocycles. The molecule has 0 amide bonds. The number of esters is 2. The Bertz CT molecular complexity index is 1070. The number of ether oxygens (including phenoxy) is 2. The highest BCUT2D eigenvalue weighted by Crippen LogP contribution is 2.43. The zero-order valence-electron chi connectivity index (χ0n) is 33.0. The van der Waals surface area contributed by atoms with Crippen molar-refractivity contribution < 1.29 is 47.8 Å². The number of rotatable bonds is 37. The summed E-state index contributed by atoms with van der Waals surface area (Å²) in [6, 6.07) is 0. The van der Waals surface area contributed by atoms with Crippen molar-refractivity contribution in [1.82, 2.24) is 0 Å². The van der Waals surface area contributed by atoms with Crippen LogP contribution in [0.2, 0.25) is 0 Å². The standard InChI is InChI=1S/C42H73O10P/c1-3-5-7-9-11-13-15-17-19-21-23-25-27-29-31-33-41(45)49-37-40(38-51-53(47,48)50-36-39(44)35-43)52-42(46)34-32-30-28-26-24-22-20-18-16-14-12-10-8-6-4-2/h11,13,17-20,23-26,39-40,43-44H,3-10,12,14-16,21-22,27-38H2,1-2H3,(H,47,48)/b13-11+,19-17+,20-18+,25-23+,26-24+/t39-,40+/m0/s1. The van der Waals surface area contributed by atoms with Gasteiger partial charge in [0.15, 0.2) is 6.10 Å². The Kier molecular flexibility index (Phi) is 36.3. The number of aliphatic hydroxyl groups excluding tert-OH is 2. The summed E-state index contributed by atoms with van der Waals surface area (Å²) >= 11 is 0. The first-order valence-electron chi connectivity index (χ1n) is 20.2. The van der Waals surface area contributed by atoms with E-state index < -0.39 is 51.8 Å². The summed E-state index contributed by atoms with van der Waals surface area (Å²) in [6.07, 6.45) is 40.5. The fourth-order valence-corrected chi connectivity index (χ4v) is 5.76. The SMILES string of the molecule is CCCCC/C=C/C/C=C/C/C=C/CCCCC(=O)OC[C@H](COP(=O)(O)OC[C@@H](O)CO)OC(=O)CCCC/C=C/C/C=C/CCCCCCCC. The molecule has 0 fully saturated rings. The highest BCUT2D eigenvalue weighted by atomic mass is 31.2. The second kappa shape index (κ2) is 38.0. The van der Waals surface area contributed by atoms with E-state index in [-0.39, 0.29) is 19.4 Å². The van der Waals surface area contributed by atoms with Crippen LogP contribution in [0.1, 0.15) is 155 Å². The van der Waals surface area contributed by atoms with E-state index in [1.165, 1.54) is 57.8 Å². The quantitative estimate of drug-likeness (QED) is 0.0241. The molecule has 0 aromatic rings. The van der Waals surface area contributed by atoms with Gasteiger partial charge in [0.2, 0.25) is 0 Å². The number of aliphatic hydroxyl groups is 2. The van der Waals surface area contributed by atoms with Gasteiger partial charge in [-0.1, -0.05) is 120 Å². The number of hydrogen-bond acceptors (Lipinski definition) is 9. The molecule has 53 heavy (non-hydrogen) atoms. The lowest BCUT2D eigenvalue weighted by molar-refractivity contribution is -0.161. The Hall–Kier alpha value is -2.33. The number of carbonyl (C=O) groups is 2. The van der Waals surface area contributed by atoms with Crippen molar-refractivity contribution in [3.63, 3.8) is 0 Å². The van der Waals surface area contributed by atoms with Crippen LogP contribution in [-0.4, -0.2) is 65.7 Å². The van der Waals surface area contributed by atoms with Crippen LogP contribution in [0.3, 0.4) is 0 Å². The van der Waals surface area contributed by atoms with E-state index in [1.54, 1.807) is 0 Å². The minimum Gasteiger partial charge on any atom is -0.462 e. The van der Waals surface area contributed by atoms with E-state index in [2.05, 4.69) is 79.1 Å². The molecule has 0 aliphatic rings. The van der Waals surface area contributed by atoms with Crippen molar-refractivity contribution in [3.8, 4) is 0 Å². The van der Waals surface area contributed by atoms with Gasteiger partial charge in [0.1, 0.15) is 12.7 Å². The second-order valence-corrected chi connectivity index (χ2v) is 14.8. The van der Waals surface area contributed by atoms with E-state index in [0.717, 1.165) is 57.8 Å². The Labute approximate surface area is 321 Å². The zero-order chi connectivity index (χ0) is 39.1. The summed E-state index contributed by atoms with van der Waals surface area (Å²) in [5.41, 5.74) is 0. The molecule has 3 atom stereocenters. The monoisotopic (exact) mass is 768 g/mol. The molecule has 1 unspecified atom stereocenters. The Morgan fingerprint density at radius 1 is 0.566 bits per heavy atom. The van der Waals surface area contributed by atoms with Gasteiger partial charge in [-0.05, 0) is 83.5 Å². The van der Waals surface area contributed by atoms with Crippen LogP contribution in [0.15, 0.2) is 60.8 Å². The van der Waals surface area contributed by atoms with Crippen LogP contribution in [0.4, 0.5) is 0 Å². The van der Waals surface area contributed by atoms with Crippen LogP contribution in [0.5, 0.6) is 0 Å². The van der Waals surface area contributed by atoms with E-state index in [9.17, 15) is 24.2 Å². The van der Waals surface area contributed by atoms with Crippen molar-refractivity contribution in [1.29, 1.82) is 0 Å². The third-order valence-electron chi connectivity index (χ3n) is 8.14. The topological polar surface area (TPSA) is 149 Å². The lowest BCUT2D eigenvalue weighted by Gasteiger charge is -2.20. The molecule has 306 valence electrons. The fraction of sp³-hybridized carbons (Fsp3) is 0.714. The van der Waals surface area contributed by atoms with Crippen molar-refractivity contribution in [2.24, 2.45) is 0 Å². The minimum atomic E-state index is -4.63. The normalized spacial score (nSPS) is 14.6. The molecule has 11 heteroatoms. The summed E-state index contributed by atoms with van der Waals surface area (Å²) < 4.78 is 32.6. The molecule has 0 spiro atoms. The van der Waals surface area contributed by atoms with Crippen molar-refractivity contribution >= 4 is 19.8 Å². The molecule has 0 aromatic heterocycles. The molecule has 0 aliphatic heterocycles. The van der Waals surface area contributed by atoms with Gasteiger partial charge in [-0.15, -0.1) is 0 Å². The molecule has 10 nitrogen and oxygen atoms in total. The minimum absolute atomic E-state index is 0.131. The molecule has 0 heterocycles. The van der Waals surface area contributed by atoms with E-state index in [1.807, 2.05) is 0 Å². The summed E-state index contributed by atoms with van der Waals surface area (Å²) in [6.45, 7) is 2.24. The third kappa shape index (κ3) is 37.8. The number of phosphoric acid groups is 1. The summed E-state index contributed by atoms with van der Waals surface area (Å²) in [5, 5.41) is 18.3. The van der Waals surface area contributed by atoms with Gasteiger partial charge >= 0.3 is 19.8 Å². The van der Waals surface area contributed by atoms with E-state index in [4.69, 9.17) is 19.1 Å². The second-order valence-electron chi connectivity index (χ2n) is 13.3. The molecule has 0 bridgehead atoms. The number of unbranched alkanes of at least 4 members (excludes halogenated alkanes) is 13. The van der Waals surface area contributed by atoms with Crippen molar-refractivity contribution in [2.45, 2.75) is 167 Å². The van der Waals surface area contributed by atoms with Crippen LogP contribution in [0.25, 0.3) is 0 Å². The van der Waals surface area contributed by atoms with Crippen LogP contribution in [-0.2, 0) is 32.7 Å². The van der Waals surface area contributed by atoms with E-state index in [0.29, 0.717) is 12.8 Å². The lowest BCUT2D eigenvalue weighted by Crippen LogP contribution is -2.29. The zero-order valence-corrected chi connectivity index (χ0v) is 33.9. The first kappa shape index (κ1) is 50.7. The van der Waals surface area contributed by atoms with Crippen LogP contribution in [0, 0.1) is 0 Å². The fourth-order valence-electron chi connectivity index (χ4n) is 4.97. The van der Waals surface area contributed by atoms with Gasteiger partial charge in [0.25, 0.3) is 0 Å². The van der Waals surface area contributed by atoms with Gasteiger partial charge in [-0.3, -0.25) is 18.6 Å². The summed E-state index contributed by atoms with van der Waals surface area (Å²) in [4.78, 5) is 34.9. The van der Waals surface area contributed by atoms with Gasteiger partial charge in [-0.25, -0.2) is 4.57 Å². The van der Waals surface area contributed by atoms with Gasteiger partial charge < -0.3 is 24.6 Å². The predicted molar refractivity (Wildman–Crippen MR) is 214 cm³/mol. The Morgan fingerprint density at radius 3 is 1.51 bits per heavy atom.